The van der Waals surface area contributed by atoms with Crippen LogP contribution in [0, 0.1) is 18.3 Å². The molecular weight excluding hydrogens is 294 g/mol. The summed E-state index contributed by atoms with van der Waals surface area (Å²) in [6.45, 7) is 5.04. The van der Waals surface area contributed by atoms with Crippen molar-refractivity contribution >= 4 is 17.2 Å². The van der Waals surface area contributed by atoms with Gasteiger partial charge in [0, 0.05) is 30.4 Å². The molecule has 1 amide bonds. The van der Waals surface area contributed by atoms with E-state index < -0.39 is 0 Å². The summed E-state index contributed by atoms with van der Waals surface area (Å²) in [5.74, 6) is -0.00750. The van der Waals surface area contributed by atoms with Gasteiger partial charge in [0.1, 0.15) is 0 Å². The second-order valence-electron chi connectivity index (χ2n) is 5.04. The van der Waals surface area contributed by atoms with Gasteiger partial charge in [-0.2, -0.15) is 5.26 Å². The van der Waals surface area contributed by atoms with E-state index in [0.717, 1.165) is 16.9 Å². The first-order valence-corrected chi connectivity index (χ1v) is 8.11. The van der Waals surface area contributed by atoms with E-state index in [1.807, 2.05) is 25.1 Å². The number of carbonyl (C=O) groups is 1. The monoisotopic (exact) mass is 313 g/mol. The third-order valence-electron chi connectivity index (χ3n) is 3.49. The molecule has 0 unspecified atom stereocenters. The van der Waals surface area contributed by atoms with Crippen molar-refractivity contribution in [1.82, 2.24) is 9.88 Å². The van der Waals surface area contributed by atoms with Crippen LogP contribution in [0.2, 0.25) is 0 Å². The molecule has 0 N–H and O–H groups in total. The van der Waals surface area contributed by atoms with Crippen molar-refractivity contribution in [3.63, 3.8) is 0 Å². The Labute approximate surface area is 135 Å². The molecule has 0 spiro atoms. The number of rotatable bonds is 6. The molecule has 2 aromatic heterocycles. The van der Waals surface area contributed by atoms with Crippen molar-refractivity contribution in [2.75, 3.05) is 6.54 Å². The van der Waals surface area contributed by atoms with Crippen molar-refractivity contribution in [3.8, 4) is 6.07 Å². The Kier molecular flexibility index (Phi) is 5.68. The van der Waals surface area contributed by atoms with E-state index in [4.69, 9.17) is 5.26 Å². The third-order valence-corrected chi connectivity index (χ3v) is 4.57. The molecule has 4 nitrogen and oxygen atoms in total. The first kappa shape index (κ1) is 16.2. The number of aromatic nitrogens is 1. The van der Waals surface area contributed by atoms with Crippen LogP contribution in [0.5, 0.6) is 0 Å². The third kappa shape index (κ3) is 3.92. The fourth-order valence-electron chi connectivity index (χ4n) is 2.28. The molecule has 2 rings (SSSR count). The van der Waals surface area contributed by atoms with E-state index in [9.17, 15) is 4.79 Å². The van der Waals surface area contributed by atoms with E-state index >= 15 is 0 Å². The quantitative estimate of drug-likeness (QED) is 0.819. The minimum Gasteiger partial charge on any atom is -0.333 e. The van der Waals surface area contributed by atoms with Crippen LogP contribution in [0.1, 0.15) is 39.0 Å². The van der Waals surface area contributed by atoms with Crippen molar-refractivity contribution in [1.29, 1.82) is 5.26 Å². The average Bonchev–Trinajstić information content (AvgIpc) is 2.92. The number of hydrogen-bond donors (Lipinski definition) is 0. The van der Waals surface area contributed by atoms with Crippen LogP contribution in [-0.4, -0.2) is 22.3 Å². The van der Waals surface area contributed by atoms with Gasteiger partial charge in [0.05, 0.1) is 17.4 Å². The second-order valence-corrected chi connectivity index (χ2v) is 6.30. The lowest BCUT2D eigenvalue weighted by atomic mass is 10.2. The summed E-state index contributed by atoms with van der Waals surface area (Å²) in [6.07, 6.45) is 4.72. The summed E-state index contributed by atoms with van der Waals surface area (Å²) in [5, 5.41) is 8.82. The molecule has 0 saturated carbocycles. The average molecular weight is 313 g/mol. The van der Waals surface area contributed by atoms with E-state index in [1.165, 1.54) is 21.8 Å². The topological polar surface area (TPSA) is 57.0 Å². The Morgan fingerprint density at radius 2 is 2.32 bits per heavy atom. The van der Waals surface area contributed by atoms with Crippen LogP contribution in [0.3, 0.4) is 0 Å². The lowest BCUT2D eigenvalue weighted by Crippen LogP contribution is -2.31. The second kappa shape index (κ2) is 7.71. The molecule has 114 valence electrons. The van der Waals surface area contributed by atoms with E-state index in [2.05, 4.69) is 18.0 Å². The standard InChI is InChI=1S/C17H19N3OS/c1-3-15-10-16(22-13(15)2)17(21)20(9-5-7-18)12-14-6-4-8-19-11-14/h4,6,8,10-11H,3,5,9,12H2,1-2H3. The number of nitriles is 1. The largest absolute Gasteiger partial charge is 0.333 e. The number of aryl methyl sites for hydroxylation is 2. The zero-order valence-corrected chi connectivity index (χ0v) is 13.7. The normalized spacial score (nSPS) is 10.2. The predicted molar refractivity (Wildman–Crippen MR) is 87.6 cm³/mol. The van der Waals surface area contributed by atoms with Gasteiger partial charge in [0.15, 0.2) is 0 Å². The molecule has 0 aliphatic rings. The Hall–Kier alpha value is -2.19. The molecule has 2 aromatic rings. The van der Waals surface area contributed by atoms with E-state index in [1.54, 1.807) is 17.3 Å². The molecular formula is C17H19N3OS. The van der Waals surface area contributed by atoms with Gasteiger partial charge in [-0.15, -0.1) is 11.3 Å². The molecule has 0 bridgehead atoms. The van der Waals surface area contributed by atoms with Gasteiger partial charge in [-0.25, -0.2) is 0 Å². The molecule has 0 aromatic carbocycles. The first-order chi connectivity index (χ1) is 10.7. The van der Waals surface area contributed by atoms with Crippen LogP contribution in [0.4, 0.5) is 0 Å². The molecule has 0 aliphatic carbocycles. The number of carbonyl (C=O) groups excluding carboxylic acids is 1. The fourth-order valence-corrected chi connectivity index (χ4v) is 3.36. The van der Waals surface area contributed by atoms with Crippen molar-refractivity contribution in [3.05, 3.63) is 51.5 Å². The highest BCUT2D eigenvalue weighted by molar-refractivity contribution is 7.14. The van der Waals surface area contributed by atoms with Gasteiger partial charge in [-0.1, -0.05) is 13.0 Å². The Morgan fingerprint density at radius 1 is 1.50 bits per heavy atom. The molecule has 0 saturated heterocycles. The molecule has 0 aliphatic heterocycles. The number of pyridine rings is 1. The molecule has 0 atom stereocenters. The fraction of sp³-hybridized carbons (Fsp3) is 0.353. The summed E-state index contributed by atoms with van der Waals surface area (Å²) in [7, 11) is 0. The predicted octanol–water partition coefficient (Wildman–Crippen LogP) is 3.57. The lowest BCUT2D eigenvalue weighted by molar-refractivity contribution is 0.0751. The minimum atomic E-state index is -0.00750. The highest BCUT2D eigenvalue weighted by Crippen LogP contribution is 2.24. The van der Waals surface area contributed by atoms with Crippen LogP contribution in [-0.2, 0) is 13.0 Å². The summed E-state index contributed by atoms with van der Waals surface area (Å²) >= 11 is 1.53. The van der Waals surface area contributed by atoms with Gasteiger partial charge in [0.25, 0.3) is 5.91 Å². The van der Waals surface area contributed by atoms with Gasteiger partial charge >= 0.3 is 0 Å². The SMILES string of the molecule is CCc1cc(C(=O)N(CCC#N)Cc2cccnc2)sc1C. The van der Waals surface area contributed by atoms with Crippen LogP contribution >= 0.6 is 11.3 Å². The van der Waals surface area contributed by atoms with E-state index in [0.29, 0.717) is 19.5 Å². The Bertz CT molecular complexity index is 673. The highest BCUT2D eigenvalue weighted by Gasteiger charge is 2.19. The maximum absolute atomic E-state index is 12.7. The Balaban J connectivity index is 2.20. The van der Waals surface area contributed by atoms with Gasteiger partial charge in [0.2, 0.25) is 0 Å². The Morgan fingerprint density at radius 3 is 2.91 bits per heavy atom. The van der Waals surface area contributed by atoms with Crippen LogP contribution in [0.25, 0.3) is 0 Å². The van der Waals surface area contributed by atoms with Crippen molar-refractivity contribution in [2.24, 2.45) is 0 Å². The smallest absolute Gasteiger partial charge is 0.264 e. The summed E-state index contributed by atoms with van der Waals surface area (Å²) in [5.41, 5.74) is 2.19. The zero-order valence-electron chi connectivity index (χ0n) is 12.9. The minimum absolute atomic E-state index is 0.00750. The maximum atomic E-state index is 12.7. The first-order valence-electron chi connectivity index (χ1n) is 7.30. The number of hydrogen-bond acceptors (Lipinski definition) is 4. The summed E-state index contributed by atoms with van der Waals surface area (Å²) < 4.78 is 0. The van der Waals surface area contributed by atoms with Gasteiger partial charge in [-0.3, -0.25) is 9.78 Å². The maximum Gasteiger partial charge on any atom is 0.264 e. The van der Waals surface area contributed by atoms with Gasteiger partial charge < -0.3 is 4.90 Å². The van der Waals surface area contributed by atoms with Crippen LogP contribution < -0.4 is 0 Å². The summed E-state index contributed by atoms with van der Waals surface area (Å²) in [6, 6.07) is 7.88. The molecule has 0 fully saturated rings. The number of nitrogens with zero attached hydrogens (tertiary/aromatic N) is 3. The molecule has 5 heteroatoms. The highest BCUT2D eigenvalue weighted by atomic mass is 32.1. The zero-order chi connectivity index (χ0) is 15.9. The summed E-state index contributed by atoms with van der Waals surface area (Å²) in [4.78, 5) is 20.5. The molecule has 2 heterocycles. The van der Waals surface area contributed by atoms with Gasteiger partial charge in [-0.05, 0) is 36.6 Å². The van der Waals surface area contributed by atoms with Crippen LogP contribution in [0.15, 0.2) is 30.6 Å². The molecule has 22 heavy (non-hydrogen) atoms. The number of amides is 1. The number of thiophene rings is 1. The van der Waals surface area contributed by atoms with E-state index in [-0.39, 0.29) is 5.91 Å². The molecule has 0 radical (unpaired) electrons. The van der Waals surface area contributed by atoms with Crippen molar-refractivity contribution in [2.45, 2.75) is 33.2 Å². The lowest BCUT2D eigenvalue weighted by Gasteiger charge is -2.20. The van der Waals surface area contributed by atoms with Crippen molar-refractivity contribution < 1.29 is 4.79 Å².